The van der Waals surface area contributed by atoms with Crippen molar-refractivity contribution in [2.24, 2.45) is 0 Å². The van der Waals surface area contributed by atoms with Crippen molar-refractivity contribution in [3.05, 3.63) is 125 Å². The Hall–Kier alpha value is -4.55. The summed E-state index contributed by atoms with van der Waals surface area (Å²) in [4.78, 5) is 29.4. The van der Waals surface area contributed by atoms with Crippen LogP contribution in [-0.4, -0.2) is 51.4 Å². The average molecular weight is 716 g/mol. The van der Waals surface area contributed by atoms with Crippen LogP contribution < -0.4 is 14.4 Å². The minimum atomic E-state index is -4.91. The summed E-state index contributed by atoms with van der Waals surface area (Å²) in [6, 6.07) is 24.4. The van der Waals surface area contributed by atoms with Crippen LogP contribution in [0.4, 0.5) is 18.9 Å². The van der Waals surface area contributed by atoms with E-state index in [1.807, 2.05) is 13.0 Å². The van der Waals surface area contributed by atoms with Crippen LogP contribution >= 0.6 is 11.6 Å². The molecule has 0 fully saturated rings. The first-order chi connectivity index (χ1) is 23.3. The minimum Gasteiger partial charge on any atom is -0.497 e. The fourth-order valence-corrected chi connectivity index (χ4v) is 6.81. The van der Waals surface area contributed by atoms with Gasteiger partial charge >= 0.3 is 6.18 Å². The normalized spacial score (nSPS) is 12.2. The molecule has 0 aliphatic heterocycles. The lowest BCUT2D eigenvalue weighted by Crippen LogP contribution is -2.53. The molecule has 0 aromatic heterocycles. The fraction of sp³-hybridized carbons (Fsp3) is 0.278. The van der Waals surface area contributed by atoms with Crippen molar-refractivity contribution >= 4 is 39.1 Å². The highest BCUT2D eigenvalue weighted by Gasteiger charge is 2.37. The number of unbranched alkanes of at least 4 members (excludes halogenated alkanes) is 1. The molecule has 8 nitrogen and oxygen atoms in total. The summed E-state index contributed by atoms with van der Waals surface area (Å²) in [6.45, 7) is 1.26. The highest BCUT2D eigenvalue weighted by molar-refractivity contribution is 7.92. The quantitative estimate of drug-likeness (QED) is 0.132. The Labute approximate surface area is 289 Å². The molecule has 0 unspecified atom stereocenters. The van der Waals surface area contributed by atoms with Gasteiger partial charge in [-0.15, -0.1) is 0 Å². The molecule has 0 aliphatic carbocycles. The SMILES string of the molecule is CCCCNC(=O)[C@@H](Cc1ccccc1)N(Cc1cccc(OC)c1)C(=O)CN(c1ccc(Cl)c(C(F)(F)F)c1)S(=O)(=O)c1ccccc1. The number of hydrogen-bond donors (Lipinski definition) is 1. The zero-order valence-electron chi connectivity index (χ0n) is 27.0. The number of amides is 2. The number of rotatable bonds is 15. The molecule has 0 aliphatic rings. The summed E-state index contributed by atoms with van der Waals surface area (Å²) in [5, 5.41) is 2.26. The first kappa shape index (κ1) is 37.3. The monoisotopic (exact) mass is 715 g/mol. The topological polar surface area (TPSA) is 96.0 Å². The molecular formula is C36H37ClF3N3O5S. The molecule has 1 N–H and O–H groups in total. The van der Waals surface area contributed by atoms with E-state index in [9.17, 15) is 31.2 Å². The number of hydrogen-bond acceptors (Lipinski definition) is 5. The van der Waals surface area contributed by atoms with E-state index < -0.39 is 56.9 Å². The zero-order chi connectivity index (χ0) is 35.6. The third kappa shape index (κ3) is 9.76. The standard InChI is InChI=1S/C36H37ClF3N3O5S/c1-3-4-20-41-35(45)33(22-26-12-7-5-8-13-26)42(24-27-14-11-15-29(21-27)48-2)34(44)25-43(49(46,47)30-16-9-6-10-17-30)28-18-19-32(37)31(23-28)36(38,39)40/h5-19,21,23,33H,3-4,20,22,24-25H2,1-2H3,(H,41,45)/t33-/m1/s1. The van der Waals surface area contributed by atoms with Gasteiger partial charge in [-0.3, -0.25) is 13.9 Å². The van der Waals surface area contributed by atoms with Gasteiger partial charge < -0.3 is 15.0 Å². The summed E-state index contributed by atoms with van der Waals surface area (Å²) in [6.07, 6.45) is -3.33. The van der Waals surface area contributed by atoms with Gasteiger partial charge in [0.1, 0.15) is 18.3 Å². The predicted octanol–water partition coefficient (Wildman–Crippen LogP) is 7.12. The second-order valence-electron chi connectivity index (χ2n) is 11.2. The number of anilines is 1. The molecule has 13 heteroatoms. The van der Waals surface area contributed by atoms with Crippen molar-refractivity contribution in [1.82, 2.24) is 10.2 Å². The van der Waals surface area contributed by atoms with Crippen LogP contribution in [-0.2, 0) is 38.8 Å². The van der Waals surface area contributed by atoms with E-state index in [2.05, 4.69) is 5.32 Å². The van der Waals surface area contributed by atoms with Crippen LogP contribution in [0.2, 0.25) is 5.02 Å². The van der Waals surface area contributed by atoms with Crippen LogP contribution in [0.25, 0.3) is 0 Å². The van der Waals surface area contributed by atoms with Gasteiger partial charge in [0, 0.05) is 19.5 Å². The molecule has 0 radical (unpaired) electrons. The maximum absolute atomic E-state index is 14.5. The number of halogens is 4. The van der Waals surface area contributed by atoms with Gasteiger partial charge in [0.2, 0.25) is 11.8 Å². The van der Waals surface area contributed by atoms with E-state index in [-0.39, 0.29) is 17.9 Å². The fourth-order valence-electron chi connectivity index (χ4n) is 5.16. The van der Waals surface area contributed by atoms with E-state index >= 15 is 0 Å². The molecule has 0 saturated carbocycles. The lowest BCUT2D eigenvalue weighted by atomic mass is 10.0. The molecule has 0 spiro atoms. The third-order valence-corrected chi connectivity index (χ3v) is 9.86. The maximum Gasteiger partial charge on any atom is 0.417 e. The summed E-state index contributed by atoms with van der Waals surface area (Å²) < 4.78 is 76.0. The van der Waals surface area contributed by atoms with Crippen molar-refractivity contribution in [1.29, 1.82) is 0 Å². The molecule has 0 heterocycles. The van der Waals surface area contributed by atoms with Gasteiger partial charge in [-0.05, 0) is 60.0 Å². The van der Waals surface area contributed by atoms with Crippen molar-refractivity contribution in [2.45, 2.75) is 49.8 Å². The molecule has 0 saturated heterocycles. The molecule has 0 bridgehead atoms. The zero-order valence-corrected chi connectivity index (χ0v) is 28.6. The molecule has 260 valence electrons. The second kappa shape index (κ2) is 16.7. The predicted molar refractivity (Wildman–Crippen MR) is 183 cm³/mol. The number of methoxy groups -OCH3 is 1. The van der Waals surface area contributed by atoms with Gasteiger partial charge in [-0.1, -0.05) is 85.6 Å². The largest absolute Gasteiger partial charge is 0.497 e. The molecular weight excluding hydrogens is 679 g/mol. The Balaban J connectivity index is 1.85. The summed E-state index contributed by atoms with van der Waals surface area (Å²) in [5.74, 6) is -0.791. The lowest BCUT2D eigenvalue weighted by molar-refractivity contribution is -0.140. The molecule has 49 heavy (non-hydrogen) atoms. The number of alkyl halides is 3. The van der Waals surface area contributed by atoms with Gasteiger partial charge in [-0.2, -0.15) is 13.2 Å². The molecule has 4 rings (SSSR count). The van der Waals surface area contributed by atoms with Gasteiger partial charge in [0.05, 0.1) is 28.3 Å². The van der Waals surface area contributed by atoms with Crippen molar-refractivity contribution in [3.8, 4) is 5.75 Å². The lowest BCUT2D eigenvalue weighted by Gasteiger charge is -2.34. The van der Waals surface area contributed by atoms with Crippen molar-refractivity contribution in [2.75, 3.05) is 24.5 Å². The van der Waals surface area contributed by atoms with Crippen LogP contribution in [0, 0.1) is 0 Å². The number of benzene rings is 4. The van der Waals surface area contributed by atoms with Crippen LogP contribution in [0.1, 0.15) is 36.5 Å². The molecule has 1 atom stereocenters. The number of nitrogens with one attached hydrogen (secondary N) is 1. The van der Waals surface area contributed by atoms with E-state index in [1.54, 1.807) is 54.6 Å². The Morgan fingerprint density at radius 3 is 2.18 bits per heavy atom. The first-order valence-corrected chi connectivity index (χ1v) is 17.4. The van der Waals surface area contributed by atoms with Gasteiger partial charge in [0.15, 0.2) is 0 Å². The highest BCUT2D eigenvalue weighted by atomic mass is 35.5. The number of nitrogens with zero attached hydrogens (tertiary/aromatic N) is 2. The summed E-state index contributed by atoms with van der Waals surface area (Å²) in [7, 11) is -3.13. The smallest absolute Gasteiger partial charge is 0.417 e. The van der Waals surface area contributed by atoms with E-state index in [0.717, 1.165) is 24.1 Å². The second-order valence-corrected chi connectivity index (χ2v) is 13.5. The summed E-state index contributed by atoms with van der Waals surface area (Å²) >= 11 is 5.88. The minimum absolute atomic E-state index is 0.0824. The van der Waals surface area contributed by atoms with E-state index in [1.165, 1.54) is 36.3 Å². The highest BCUT2D eigenvalue weighted by Crippen LogP contribution is 2.38. The van der Waals surface area contributed by atoms with Crippen LogP contribution in [0.5, 0.6) is 5.75 Å². The maximum atomic E-state index is 14.5. The average Bonchev–Trinajstić information content (AvgIpc) is 3.09. The molecule has 4 aromatic rings. The molecule has 2 amide bonds. The van der Waals surface area contributed by atoms with Crippen LogP contribution in [0.15, 0.2) is 108 Å². The van der Waals surface area contributed by atoms with Crippen molar-refractivity contribution in [3.63, 3.8) is 0 Å². The number of carbonyl (C=O) groups excluding carboxylic acids is 2. The Morgan fingerprint density at radius 1 is 0.898 bits per heavy atom. The van der Waals surface area contributed by atoms with Gasteiger partial charge in [-0.25, -0.2) is 8.42 Å². The Bertz CT molecular complexity index is 1830. The number of carbonyl (C=O) groups is 2. The van der Waals surface area contributed by atoms with Crippen LogP contribution in [0.3, 0.4) is 0 Å². The Kier molecular flexibility index (Phi) is 12.7. The van der Waals surface area contributed by atoms with Crippen molar-refractivity contribution < 1.29 is 35.9 Å². The summed E-state index contributed by atoms with van der Waals surface area (Å²) in [5.41, 5.74) is -0.376. The van der Waals surface area contributed by atoms with Gasteiger partial charge in [0.25, 0.3) is 10.0 Å². The Morgan fingerprint density at radius 2 is 1.55 bits per heavy atom. The molecule has 4 aromatic carbocycles. The first-order valence-electron chi connectivity index (χ1n) is 15.5. The van der Waals surface area contributed by atoms with E-state index in [4.69, 9.17) is 16.3 Å². The third-order valence-electron chi connectivity index (χ3n) is 7.74. The number of sulfonamides is 1. The van der Waals surface area contributed by atoms with E-state index in [0.29, 0.717) is 34.7 Å². The number of ether oxygens (including phenoxy) is 1.